The third-order valence-electron chi connectivity index (χ3n) is 2.66. The molecule has 0 spiro atoms. The molecule has 2 N–H and O–H groups in total. The summed E-state index contributed by atoms with van der Waals surface area (Å²) in [7, 11) is 0. The van der Waals surface area contributed by atoms with Crippen molar-refractivity contribution in [3.05, 3.63) is 21.9 Å². The van der Waals surface area contributed by atoms with Crippen LogP contribution in [0.5, 0.6) is 0 Å². The fourth-order valence-corrected chi connectivity index (χ4v) is 2.58. The molecular formula is C13H19NO3S. The Labute approximate surface area is 111 Å². The van der Waals surface area contributed by atoms with Crippen LogP contribution in [0, 0.1) is 6.92 Å². The smallest absolute Gasteiger partial charge is 0.326 e. The van der Waals surface area contributed by atoms with Crippen LogP contribution in [0.25, 0.3) is 0 Å². The lowest BCUT2D eigenvalue weighted by Gasteiger charge is -2.11. The lowest BCUT2D eigenvalue weighted by atomic mass is 10.2. The van der Waals surface area contributed by atoms with E-state index in [2.05, 4.69) is 24.4 Å². The summed E-state index contributed by atoms with van der Waals surface area (Å²) in [5, 5.41) is 11.3. The zero-order valence-electron chi connectivity index (χ0n) is 10.7. The zero-order valence-corrected chi connectivity index (χ0v) is 11.5. The minimum atomic E-state index is -0.972. The number of amides is 1. The van der Waals surface area contributed by atoms with Crippen LogP contribution in [-0.2, 0) is 16.0 Å². The maximum Gasteiger partial charge on any atom is 0.326 e. The van der Waals surface area contributed by atoms with E-state index in [0.29, 0.717) is 12.8 Å². The summed E-state index contributed by atoms with van der Waals surface area (Å²) in [6.07, 6.45) is 2.41. The largest absolute Gasteiger partial charge is 0.480 e. The molecular weight excluding hydrogens is 250 g/mol. The molecule has 0 radical (unpaired) electrons. The Balaban J connectivity index is 2.26. The quantitative estimate of drug-likeness (QED) is 0.798. The van der Waals surface area contributed by atoms with E-state index in [-0.39, 0.29) is 5.91 Å². The SMILES string of the molecule is CCC(NC(=O)CCCc1ccc(C)s1)C(=O)O. The average Bonchev–Trinajstić information content (AvgIpc) is 2.71. The number of carboxylic acid groups (broad SMARTS) is 1. The molecule has 0 saturated carbocycles. The first-order valence-electron chi connectivity index (χ1n) is 6.10. The topological polar surface area (TPSA) is 66.4 Å². The van der Waals surface area contributed by atoms with Gasteiger partial charge >= 0.3 is 5.97 Å². The number of hydrogen-bond donors (Lipinski definition) is 2. The van der Waals surface area contributed by atoms with Gasteiger partial charge in [0.05, 0.1) is 0 Å². The summed E-state index contributed by atoms with van der Waals surface area (Å²) in [6, 6.07) is 3.38. The van der Waals surface area contributed by atoms with Gasteiger partial charge in [0.15, 0.2) is 0 Å². The number of aryl methyl sites for hydroxylation is 2. The maximum atomic E-state index is 11.5. The number of nitrogens with one attached hydrogen (secondary N) is 1. The molecule has 1 aromatic heterocycles. The Kier molecular flexibility index (Phi) is 5.85. The predicted octanol–water partition coefficient (Wildman–Crippen LogP) is 2.36. The molecule has 0 bridgehead atoms. The van der Waals surface area contributed by atoms with Crippen molar-refractivity contribution in [3.63, 3.8) is 0 Å². The third kappa shape index (κ3) is 4.87. The highest BCUT2D eigenvalue weighted by molar-refractivity contribution is 7.11. The summed E-state index contributed by atoms with van der Waals surface area (Å²) < 4.78 is 0. The number of carbonyl (C=O) groups is 2. The molecule has 0 aliphatic carbocycles. The van der Waals surface area contributed by atoms with E-state index in [1.807, 2.05) is 0 Å². The summed E-state index contributed by atoms with van der Waals surface area (Å²) in [5.74, 6) is -1.16. The summed E-state index contributed by atoms with van der Waals surface area (Å²) in [6.45, 7) is 3.80. The fourth-order valence-electron chi connectivity index (χ4n) is 1.65. The Bertz CT molecular complexity index is 414. The van der Waals surface area contributed by atoms with Crippen molar-refractivity contribution in [1.82, 2.24) is 5.32 Å². The van der Waals surface area contributed by atoms with Crippen LogP contribution in [0.4, 0.5) is 0 Å². The molecule has 1 rings (SSSR count). The van der Waals surface area contributed by atoms with Gasteiger partial charge in [0.1, 0.15) is 6.04 Å². The molecule has 0 aliphatic rings. The minimum absolute atomic E-state index is 0.183. The molecule has 1 atom stereocenters. The second-order valence-electron chi connectivity index (χ2n) is 4.23. The van der Waals surface area contributed by atoms with Crippen LogP contribution >= 0.6 is 11.3 Å². The van der Waals surface area contributed by atoms with Crippen LogP contribution in [0.3, 0.4) is 0 Å². The molecule has 1 amide bonds. The molecule has 0 saturated heterocycles. The molecule has 0 aromatic carbocycles. The number of carbonyl (C=O) groups excluding carboxylic acids is 1. The van der Waals surface area contributed by atoms with Crippen molar-refractivity contribution in [2.45, 2.75) is 45.6 Å². The van der Waals surface area contributed by atoms with E-state index in [4.69, 9.17) is 5.11 Å². The second kappa shape index (κ2) is 7.16. The minimum Gasteiger partial charge on any atom is -0.480 e. The van der Waals surface area contributed by atoms with Gasteiger partial charge in [-0.3, -0.25) is 4.79 Å². The number of hydrogen-bond acceptors (Lipinski definition) is 3. The summed E-state index contributed by atoms with van der Waals surface area (Å²) in [4.78, 5) is 24.8. The summed E-state index contributed by atoms with van der Waals surface area (Å²) in [5.41, 5.74) is 0. The number of carboxylic acids is 1. The van der Waals surface area contributed by atoms with E-state index in [0.717, 1.165) is 12.8 Å². The van der Waals surface area contributed by atoms with Crippen molar-refractivity contribution in [2.75, 3.05) is 0 Å². The highest BCUT2D eigenvalue weighted by Gasteiger charge is 2.16. The van der Waals surface area contributed by atoms with Gasteiger partial charge < -0.3 is 10.4 Å². The van der Waals surface area contributed by atoms with Crippen LogP contribution in [0.2, 0.25) is 0 Å². The summed E-state index contributed by atoms with van der Waals surface area (Å²) >= 11 is 1.74. The van der Waals surface area contributed by atoms with E-state index >= 15 is 0 Å². The first-order valence-corrected chi connectivity index (χ1v) is 6.92. The number of rotatable bonds is 7. The first-order chi connectivity index (χ1) is 8.52. The molecule has 1 aromatic rings. The highest BCUT2D eigenvalue weighted by atomic mass is 32.1. The van der Waals surface area contributed by atoms with Crippen molar-refractivity contribution < 1.29 is 14.7 Å². The van der Waals surface area contributed by atoms with Crippen molar-refractivity contribution in [3.8, 4) is 0 Å². The lowest BCUT2D eigenvalue weighted by molar-refractivity contribution is -0.141. The average molecular weight is 269 g/mol. The van der Waals surface area contributed by atoms with Gasteiger partial charge in [-0.15, -0.1) is 11.3 Å². The molecule has 0 aliphatic heterocycles. The Morgan fingerprint density at radius 2 is 2.17 bits per heavy atom. The Hall–Kier alpha value is -1.36. The maximum absolute atomic E-state index is 11.5. The molecule has 100 valence electrons. The number of aliphatic carboxylic acids is 1. The first kappa shape index (κ1) is 14.7. The fraction of sp³-hybridized carbons (Fsp3) is 0.538. The van der Waals surface area contributed by atoms with Crippen molar-refractivity contribution >= 4 is 23.2 Å². The molecule has 18 heavy (non-hydrogen) atoms. The highest BCUT2D eigenvalue weighted by Crippen LogP contribution is 2.17. The van der Waals surface area contributed by atoms with Gasteiger partial charge in [0, 0.05) is 16.2 Å². The number of thiophene rings is 1. The monoisotopic (exact) mass is 269 g/mol. The molecule has 4 nitrogen and oxygen atoms in total. The second-order valence-corrected chi connectivity index (χ2v) is 5.60. The normalized spacial score (nSPS) is 12.1. The van der Waals surface area contributed by atoms with Gasteiger partial charge in [-0.2, -0.15) is 0 Å². The molecule has 5 heteroatoms. The Morgan fingerprint density at radius 1 is 1.44 bits per heavy atom. The van der Waals surface area contributed by atoms with E-state index in [1.165, 1.54) is 9.75 Å². The molecule has 0 fully saturated rings. The van der Waals surface area contributed by atoms with Crippen LogP contribution < -0.4 is 5.32 Å². The standard InChI is InChI=1S/C13H19NO3S/c1-3-11(13(16)17)14-12(15)6-4-5-10-8-7-9(2)18-10/h7-8,11H,3-6H2,1-2H3,(H,14,15)(H,16,17). The zero-order chi connectivity index (χ0) is 13.5. The van der Waals surface area contributed by atoms with Gasteiger partial charge in [-0.1, -0.05) is 6.92 Å². The van der Waals surface area contributed by atoms with E-state index in [1.54, 1.807) is 18.3 Å². The molecule has 1 heterocycles. The van der Waals surface area contributed by atoms with Crippen molar-refractivity contribution in [2.24, 2.45) is 0 Å². The van der Waals surface area contributed by atoms with Gasteiger partial charge in [0.2, 0.25) is 5.91 Å². The van der Waals surface area contributed by atoms with Gasteiger partial charge in [-0.05, 0) is 38.3 Å². The van der Waals surface area contributed by atoms with Gasteiger partial charge in [0.25, 0.3) is 0 Å². The predicted molar refractivity (Wildman–Crippen MR) is 71.9 cm³/mol. The Morgan fingerprint density at radius 3 is 2.67 bits per heavy atom. The third-order valence-corrected chi connectivity index (χ3v) is 3.73. The van der Waals surface area contributed by atoms with Gasteiger partial charge in [-0.25, -0.2) is 4.79 Å². The van der Waals surface area contributed by atoms with Crippen molar-refractivity contribution in [1.29, 1.82) is 0 Å². The van der Waals surface area contributed by atoms with E-state index in [9.17, 15) is 9.59 Å². The van der Waals surface area contributed by atoms with E-state index < -0.39 is 12.0 Å². The molecule has 1 unspecified atom stereocenters. The van der Waals surface area contributed by atoms with Crippen LogP contribution in [-0.4, -0.2) is 23.0 Å². The van der Waals surface area contributed by atoms with Crippen LogP contribution in [0.15, 0.2) is 12.1 Å². The lowest BCUT2D eigenvalue weighted by Crippen LogP contribution is -2.40. The van der Waals surface area contributed by atoms with Crippen LogP contribution in [0.1, 0.15) is 35.9 Å².